The van der Waals surface area contributed by atoms with Crippen LogP contribution >= 0.6 is 15.9 Å². The van der Waals surface area contributed by atoms with Crippen molar-refractivity contribution in [2.45, 2.75) is 87.0 Å². The molecule has 3 fully saturated rings. The Labute approximate surface area is 280 Å². The first-order valence-corrected chi connectivity index (χ1v) is 17.4. The summed E-state index contributed by atoms with van der Waals surface area (Å²) in [4.78, 5) is 58.4. The number of nitrogens with one attached hydrogen (secondary N) is 1. The first-order chi connectivity index (χ1) is 22.2. The van der Waals surface area contributed by atoms with Crippen LogP contribution in [0.1, 0.15) is 70.0 Å². The number of allylic oxidation sites excluding steroid dienone is 1. The normalized spacial score (nSPS) is 26.8. The van der Waals surface area contributed by atoms with Gasteiger partial charge in [0.15, 0.2) is 0 Å². The van der Waals surface area contributed by atoms with Crippen molar-refractivity contribution in [2.24, 2.45) is 11.8 Å². The van der Waals surface area contributed by atoms with Crippen LogP contribution in [0.2, 0.25) is 0 Å². The Morgan fingerprint density at radius 2 is 1.96 bits per heavy atom. The summed E-state index contributed by atoms with van der Waals surface area (Å²) in [6, 6.07) is 8.28. The summed E-state index contributed by atoms with van der Waals surface area (Å²) in [7, 11) is 0. The molecule has 4 rings (SSSR count). The Hall–Kier alpha value is -3.02. The molecule has 3 amide bonds. The van der Waals surface area contributed by atoms with Gasteiger partial charge in [0, 0.05) is 37.5 Å². The number of nitrogens with zero attached hydrogens (tertiary/aromatic N) is 2. The topological polar surface area (TPSA) is 125 Å². The monoisotopic (exact) mass is 701 g/mol. The van der Waals surface area contributed by atoms with E-state index >= 15 is 0 Å². The highest BCUT2D eigenvalue weighted by atomic mass is 79.9. The number of amides is 3. The number of likely N-dealkylation sites (tertiary alicyclic amines) is 1. The number of hydrogen-bond acceptors (Lipinski definition) is 7. The largest absolute Gasteiger partial charge is 0.455 e. The third kappa shape index (κ3) is 7.58. The van der Waals surface area contributed by atoms with Gasteiger partial charge in [0.05, 0.1) is 24.5 Å². The fourth-order valence-corrected chi connectivity index (χ4v) is 8.04. The molecule has 0 aliphatic carbocycles. The predicted octanol–water partition coefficient (Wildman–Crippen LogP) is 4.08. The maximum Gasteiger partial charge on any atom is 0.313 e. The summed E-state index contributed by atoms with van der Waals surface area (Å²) in [6.07, 6.45) is 6.71. The second kappa shape index (κ2) is 16.7. The number of rotatable bonds is 19. The second-order valence-corrected chi connectivity index (χ2v) is 13.5. The van der Waals surface area contributed by atoms with Gasteiger partial charge in [-0.1, -0.05) is 71.8 Å². The molecular formula is C35H48BrN3O7. The molecular weight excluding hydrogens is 654 g/mol. The van der Waals surface area contributed by atoms with Crippen LogP contribution in [0.5, 0.6) is 0 Å². The molecule has 1 aromatic rings. The lowest BCUT2D eigenvalue weighted by Crippen LogP contribution is -2.57. The van der Waals surface area contributed by atoms with E-state index in [1.165, 1.54) is 0 Å². The number of ether oxygens (including phenoxy) is 2. The van der Waals surface area contributed by atoms with Crippen molar-refractivity contribution in [2.75, 3.05) is 32.8 Å². The van der Waals surface area contributed by atoms with E-state index in [4.69, 9.17) is 9.47 Å². The molecule has 0 aromatic heterocycles. The molecule has 0 radical (unpaired) electrons. The van der Waals surface area contributed by atoms with Gasteiger partial charge in [0.1, 0.15) is 17.7 Å². The number of benzene rings is 1. The lowest BCUT2D eigenvalue weighted by atomic mass is 9.70. The van der Waals surface area contributed by atoms with E-state index in [1.807, 2.05) is 30.3 Å². The van der Waals surface area contributed by atoms with Crippen molar-refractivity contribution in [3.05, 3.63) is 61.2 Å². The number of unbranched alkanes of at least 4 members (excludes halogenated alkanes) is 3. The van der Waals surface area contributed by atoms with Gasteiger partial charge in [0.25, 0.3) is 0 Å². The summed E-state index contributed by atoms with van der Waals surface area (Å²) in [5.74, 6) is -3.09. The highest BCUT2D eigenvalue weighted by Crippen LogP contribution is 2.60. The van der Waals surface area contributed by atoms with E-state index in [9.17, 15) is 24.3 Å². The average molecular weight is 703 g/mol. The van der Waals surface area contributed by atoms with E-state index in [1.54, 1.807) is 22.0 Å². The van der Waals surface area contributed by atoms with Crippen molar-refractivity contribution in [1.82, 2.24) is 15.1 Å². The van der Waals surface area contributed by atoms with Gasteiger partial charge in [-0.05, 0) is 44.1 Å². The summed E-state index contributed by atoms with van der Waals surface area (Å²) in [5, 5.41) is 12.2. The average Bonchev–Trinajstić information content (AvgIpc) is 3.65. The highest BCUT2D eigenvalue weighted by molar-refractivity contribution is 9.09. The number of alkyl halides is 1. The minimum Gasteiger partial charge on any atom is -0.455 e. The van der Waals surface area contributed by atoms with E-state index in [0.717, 1.165) is 12.8 Å². The fraction of sp³-hybridized carbons (Fsp3) is 0.600. The Morgan fingerprint density at radius 1 is 1.20 bits per heavy atom. The van der Waals surface area contributed by atoms with Crippen LogP contribution in [-0.2, 0) is 28.7 Å². The van der Waals surface area contributed by atoms with Crippen LogP contribution in [0.15, 0.2) is 55.6 Å². The number of fused-ring (bicyclic) bond motifs is 1. The van der Waals surface area contributed by atoms with E-state index < -0.39 is 41.7 Å². The van der Waals surface area contributed by atoms with Gasteiger partial charge in [-0.2, -0.15) is 0 Å². The van der Waals surface area contributed by atoms with E-state index in [2.05, 4.69) is 41.3 Å². The minimum atomic E-state index is -1.19. The van der Waals surface area contributed by atoms with Crippen LogP contribution in [0, 0.1) is 11.8 Å². The quantitative estimate of drug-likeness (QED) is 0.0964. The summed E-state index contributed by atoms with van der Waals surface area (Å²) < 4.78 is 12.8. The molecule has 10 nitrogen and oxygen atoms in total. The van der Waals surface area contributed by atoms with Gasteiger partial charge in [0.2, 0.25) is 17.7 Å². The Kier molecular flexibility index (Phi) is 13.0. The van der Waals surface area contributed by atoms with Gasteiger partial charge in [-0.25, -0.2) is 0 Å². The van der Waals surface area contributed by atoms with Crippen molar-refractivity contribution in [3.63, 3.8) is 0 Å². The molecule has 3 heterocycles. The molecule has 1 spiro atoms. The first kappa shape index (κ1) is 35.8. The number of aliphatic hydroxyl groups is 1. The lowest BCUT2D eigenvalue weighted by Gasteiger charge is -2.37. The van der Waals surface area contributed by atoms with Gasteiger partial charge >= 0.3 is 5.97 Å². The van der Waals surface area contributed by atoms with Crippen LogP contribution in [0.3, 0.4) is 0 Å². The second-order valence-electron chi connectivity index (χ2n) is 12.4. The molecule has 0 saturated carbocycles. The number of carbonyl (C=O) groups excluding carboxylic acids is 4. The minimum absolute atomic E-state index is 0.0499. The first-order valence-electron chi connectivity index (χ1n) is 16.5. The number of carbonyl (C=O) groups is 4. The smallest absolute Gasteiger partial charge is 0.313 e. The standard InChI is InChI=1S/C35H48BrN3O7/c1-4-7-17-27(41)37-23-26(24-15-11-9-12-16-24)45-34(44)28-29-32(42)39(20-13-10-14-21-40)31(35(29)22-25(36)30(28)46-35)33(43)38(18-6-3)19-8-5-2/h4,6,9,11-12,15-16,25-26,28-31,40H,1,3,5,7-8,10,13-14,17-23H2,2H3,(H,37,41)/t25?,26-,28+,29-,30+,31+,35-/m0/s1. The number of aliphatic hydroxyl groups excluding tert-OH is 1. The summed E-state index contributed by atoms with van der Waals surface area (Å²) in [6.45, 7) is 10.9. The summed E-state index contributed by atoms with van der Waals surface area (Å²) in [5.41, 5.74) is -0.484. The molecule has 7 atom stereocenters. The Morgan fingerprint density at radius 3 is 2.63 bits per heavy atom. The zero-order valence-corrected chi connectivity index (χ0v) is 28.4. The van der Waals surface area contributed by atoms with Crippen LogP contribution in [-0.4, -0.2) is 94.0 Å². The van der Waals surface area contributed by atoms with Crippen LogP contribution < -0.4 is 5.32 Å². The van der Waals surface area contributed by atoms with Crippen LogP contribution in [0.25, 0.3) is 0 Å². The van der Waals surface area contributed by atoms with Crippen molar-refractivity contribution in [1.29, 1.82) is 0 Å². The fourth-order valence-electron chi connectivity index (χ4n) is 7.10. The van der Waals surface area contributed by atoms with Crippen LogP contribution in [0.4, 0.5) is 0 Å². The molecule has 11 heteroatoms. The Bertz CT molecular complexity index is 1250. The highest BCUT2D eigenvalue weighted by Gasteiger charge is 2.77. The molecule has 1 aromatic carbocycles. The molecule has 2 bridgehead atoms. The van der Waals surface area contributed by atoms with Crippen molar-refractivity contribution >= 4 is 39.6 Å². The molecule has 46 heavy (non-hydrogen) atoms. The third-order valence-electron chi connectivity index (χ3n) is 9.29. The number of halogens is 1. The lowest BCUT2D eigenvalue weighted by molar-refractivity contribution is -0.160. The van der Waals surface area contributed by atoms with E-state index in [0.29, 0.717) is 57.3 Å². The maximum absolute atomic E-state index is 14.4. The molecule has 252 valence electrons. The molecule has 3 aliphatic rings. The SMILES string of the molecule is C=CCCC(=O)NC[C@H](OC(=O)[C@H]1[C@@H]2O[C@@]3(CC2Br)[C@@H]1C(=O)N(CCCCCO)[C@@H]3C(=O)N(CC=C)CCCC)c1ccccc1. The van der Waals surface area contributed by atoms with Gasteiger partial charge in [-0.15, -0.1) is 13.2 Å². The molecule has 3 aliphatic heterocycles. The van der Waals surface area contributed by atoms with Crippen molar-refractivity contribution in [3.8, 4) is 0 Å². The summed E-state index contributed by atoms with van der Waals surface area (Å²) >= 11 is 3.72. The van der Waals surface area contributed by atoms with Crippen molar-refractivity contribution < 1.29 is 33.8 Å². The third-order valence-corrected chi connectivity index (χ3v) is 10.1. The zero-order valence-electron chi connectivity index (χ0n) is 26.8. The zero-order chi connectivity index (χ0) is 33.3. The molecule has 2 N–H and O–H groups in total. The number of hydrogen-bond donors (Lipinski definition) is 2. The number of esters is 1. The predicted molar refractivity (Wildman–Crippen MR) is 178 cm³/mol. The molecule has 3 saturated heterocycles. The molecule has 1 unspecified atom stereocenters. The van der Waals surface area contributed by atoms with E-state index in [-0.39, 0.29) is 42.1 Å². The Balaban J connectivity index is 1.64. The maximum atomic E-state index is 14.4. The van der Waals surface area contributed by atoms with Gasteiger partial charge < -0.3 is 29.7 Å². The van der Waals surface area contributed by atoms with Gasteiger partial charge in [-0.3, -0.25) is 19.2 Å².